The van der Waals surface area contributed by atoms with Crippen molar-refractivity contribution in [3.05, 3.63) is 70.6 Å². The quantitative estimate of drug-likeness (QED) is 0.601. The number of pyridine rings is 1. The Bertz CT molecular complexity index is 1200. The third kappa shape index (κ3) is 2.24. The smallest absolute Gasteiger partial charge is 0.408 e. The van der Waals surface area contributed by atoms with Gasteiger partial charge in [0.25, 0.3) is 0 Å². The van der Waals surface area contributed by atoms with E-state index >= 15 is 0 Å². The monoisotopic (exact) mass is 348 g/mol. The second kappa shape index (κ2) is 5.59. The molecule has 26 heavy (non-hydrogen) atoms. The molecular weight excluding hydrogens is 332 g/mol. The molecule has 0 bridgehead atoms. The predicted octanol–water partition coefficient (Wildman–Crippen LogP) is 2.05. The number of nitrogens with one attached hydrogen (secondary N) is 1. The zero-order valence-corrected chi connectivity index (χ0v) is 13.9. The maximum Gasteiger partial charge on any atom is 0.419 e. The maximum atomic E-state index is 12.4. The van der Waals surface area contributed by atoms with Gasteiger partial charge in [0, 0.05) is 25.1 Å². The van der Waals surface area contributed by atoms with Crippen LogP contribution in [0.4, 0.5) is 0 Å². The molecule has 1 aliphatic heterocycles. The summed E-state index contributed by atoms with van der Waals surface area (Å²) < 4.78 is 8.95. The number of hydrogen-bond donors (Lipinski definition) is 1. The first-order valence-corrected chi connectivity index (χ1v) is 8.51. The van der Waals surface area contributed by atoms with Gasteiger partial charge in [0.15, 0.2) is 5.58 Å². The molecule has 1 amide bonds. The van der Waals surface area contributed by atoms with Gasteiger partial charge in [0.1, 0.15) is 5.65 Å². The van der Waals surface area contributed by atoms with Crippen LogP contribution in [0.5, 0.6) is 0 Å². The number of hydrogen-bond acceptors (Lipinski definition) is 4. The zero-order chi connectivity index (χ0) is 17.7. The molecule has 1 N–H and O–H groups in total. The highest BCUT2D eigenvalue weighted by Crippen LogP contribution is 2.29. The molecule has 7 nitrogen and oxygen atoms in total. The molecule has 1 aromatic carbocycles. The van der Waals surface area contributed by atoms with Crippen LogP contribution < -0.4 is 11.1 Å². The Kier molecular flexibility index (Phi) is 3.21. The zero-order valence-electron chi connectivity index (χ0n) is 13.9. The molecule has 4 aromatic rings. The first-order chi connectivity index (χ1) is 12.7. The van der Waals surface area contributed by atoms with Gasteiger partial charge >= 0.3 is 5.76 Å². The molecule has 5 rings (SSSR count). The number of benzene rings is 1. The van der Waals surface area contributed by atoms with Crippen LogP contribution in [0.1, 0.15) is 23.7 Å². The van der Waals surface area contributed by atoms with Gasteiger partial charge in [-0.3, -0.25) is 9.36 Å². The van der Waals surface area contributed by atoms with Crippen molar-refractivity contribution in [1.82, 2.24) is 19.3 Å². The van der Waals surface area contributed by atoms with Crippen molar-refractivity contribution >= 4 is 22.7 Å². The highest BCUT2D eigenvalue weighted by atomic mass is 16.4. The molecular formula is C19H16N4O3. The molecule has 4 heterocycles. The number of carbonyl (C=O) groups excluding carboxylic acids is 1. The van der Waals surface area contributed by atoms with Crippen LogP contribution in [0, 0.1) is 0 Å². The third-order valence-electron chi connectivity index (χ3n) is 4.89. The van der Waals surface area contributed by atoms with E-state index in [0.717, 1.165) is 22.6 Å². The van der Waals surface area contributed by atoms with E-state index in [2.05, 4.69) is 10.3 Å². The first-order valence-electron chi connectivity index (χ1n) is 8.51. The number of fused-ring (bicyclic) bond motifs is 4. The number of nitrogens with zero attached hydrogens (tertiary/aromatic N) is 3. The molecule has 0 aliphatic carbocycles. The number of aromatic nitrogens is 3. The van der Waals surface area contributed by atoms with Crippen LogP contribution in [0.25, 0.3) is 16.7 Å². The number of oxazole rings is 1. The second-order valence-electron chi connectivity index (χ2n) is 6.50. The summed E-state index contributed by atoms with van der Waals surface area (Å²) in [5.74, 6) is -0.631. The lowest BCUT2D eigenvalue weighted by molar-refractivity contribution is -0.121. The van der Waals surface area contributed by atoms with E-state index in [1.54, 1.807) is 10.6 Å². The highest BCUT2D eigenvalue weighted by Gasteiger charge is 2.28. The highest BCUT2D eigenvalue weighted by molar-refractivity contribution is 5.78. The molecule has 7 heteroatoms. The average Bonchev–Trinajstić information content (AvgIpc) is 3.12. The Labute approximate surface area is 147 Å². The van der Waals surface area contributed by atoms with E-state index < -0.39 is 5.76 Å². The van der Waals surface area contributed by atoms with Crippen molar-refractivity contribution in [2.45, 2.75) is 25.4 Å². The van der Waals surface area contributed by atoms with Gasteiger partial charge in [-0.25, -0.2) is 9.78 Å². The Balaban J connectivity index is 1.67. The van der Waals surface area contributed by atoms with Crippen molar-refractivity contribution in [2.24, 2.45) is 0 Å². The molecule has 3 aromatic heterocycles. The van der Waals surface area contributed by atoms with Gasteiger partial charge in [0.05, 0.1) is 23.4 Å². The summed E-state index contributed by atoms with van der Waals surface area (Å²) in [6.07, 6.45) is 2.24. The molecule has 0 saturated heterocycles. The molecule has 1 atom stereocenters. The normalized spacial score (nSPS) is 17.2. The van der Waals surface area contributed by atoms with Crippen molar-refractivity contribution in [2.75, 3.05) is 0 Å². The number of amides is 1. The summed E-state index contributed by atoms with van der Waals surface area (Å²) in [5.41, 5.74) is 3.93. The summed E-state index contributed by atoms with van der Waals surface area (Å²) >= 11 is 0. The topological polar surface area (TPSA) is 81.5 Å². The standard InChI is InChI=1S/C19H16N4O3/c24-17-9-12(11-23-14-5-1-2-6-15(14)26-19(23)25)18-13(10-20-17)21-16-7-3-4-8-22(16)18/h1-8,12H,9-11H2,(H,20,24)/t12-/m1/s1. The summed E-state index contributed by atoms with van der Waals surface area (Å²) in [6.45, 7) is 0.756. The molecule has 130 valence electrons. The number of rotatable bonds is 2. The fourth-order valence-corrected chi connectivity index (χ4v) is 3.76. The Morgan fingerprint density at radius 1 is 1.15 bits per heavy atom. The van der Waals surface area contributed by atoms with Gasteiger partial charge in [0.2, 0.25) is 5.91 Å². The lowest BCUT2D eigenvalue weighted by Gasteiger charge is -2.15. The summed E-state index contributed by atoms with van der Waals surface area (Å²) in [5, 5.41) is 2.90. The van der Waals surface area contributed by atoms with Crippen molar-refractivity contribution in [3.63, 3.8) is 0 Å². The van der Waals surface area contributed by atoms with E-state index in [1.807, 2.05) is 47.0 Å². The van der Waals surface area contributed by atoms with Gasteiger partial charge < -0.3 is 14.1 Å². The molecule has 0 unspecified atom stereocenters. The first kappa shape index (κ1) is 14.9. The fraction of sp³-hybridized carbons (Fsp3) is 0.211. The van der Waals surface area contributed by atoms with Crippen molar-refractivity contribution in [3.8, 4) is 0 Å². The van der Waals surface area contributed by atoms with Gasteiger partial charge in [-0.05, 0) is 24.3 Å². The van der Waals surface area contributed by atoms with Crippen LogP contribution in [0.2, 0.25) is 0 Å². The Morgan fingerprint density at radius 2 is 2.00 bits per heavy atom. The summed E-state index contributed by atoms with van der Waals surface area (Å²) in [4.78, 5) is 29.2. The second-order valence-corrected chi connectivity index (χ2v) is 6.50. The Hall–Kier alpha value is -3.35. The van der Waals surface area contributed by atoms with Gasteiger partial charge in [-0.2, -0.15) is 0 Å². The van der Waals surface area contributed by atoms with E-state index in [1.165, 1.54) is 0 Å². The molecule has 0 spiro atoms. The van der Waals surface area contributed by atoms with E-state index in [4.69, 9.17) is 4.42 Å². The molecule has 0 fully saturated rings. The SMILES string of the molecule is O=C1C[C@H](Cn2c(=O)oc3ccccc32)c2c(nc3ccccn23)CN1. The van der Waals surface area contributed by atoms with Crippen LogP contribution in [0.15, 0.2) is 57.9 Å². The Morgan fingerprint density at radius 3 is 2.92 bits per heavy atom. The number of imidazole rings is 1. The van der Waals surface area contributed by atoms with Crippen molar-refractivity contribution < 1.29 is 9.21 Å². The van der Waals surface area contributed by atoms with Gasteiger partial charge in [-0.15, -0.1) is 0 Å². The molecule has 0 radical (unpaired) electrons. The lowest BCUT2D eigenvalue weighted by atomic mass is 10.00. The largest absolute Gasteiger partial charge is 0.419 e. The van der Waals surface area contributed by atoms with Crippen LogP contribution >= 0.6 is 0 Å². The van der Waals surface area contributed by atoms with E-state index in [0.29, 0.717) is 25.1 Å². The average molecular weight is 348 g/mol. The maximum absolute atomic E-state index is 12.4. The minimum Gasteiger partial charge on any atom is -0.408 e. The lowest BCUT2D eigenvalue weighted by Crippen LogP contribution is -2.24. The van der Waals surface area contributed by atoms with Crippen LogP contribution in [-0.4, -0.2) is 19.9 Å². The molecule has 1 aliphatic rings. The van der Waals surface area contributed by atoms with E-state index in [9.17, 15) is 9.59 Å². The van der Waals surface area contributed by atoms with Crippen molar-refractivity contribution in [1.29, 1.82) is 0 Å². The van der Waals surface area contributed by atoms with Crippen LogP contribution in [-0.2, 0) is 17.9 Å². The number of carbonyl (C=O) groups is 1. The minimum atomic E-state index is -0.411. The number of para-hydroxylation sites is 2. The fourth-order valence-electron chi connectivity index (χ4n) is 3.76. The summed E-state index contributed by atoms with van der Waals surface area (Å²) in [6, 6.07) is 13.1. The summed E-state index contributed by atoms with van der Waals surface area (Å²) in [7, 11) is 0. The predicted molar refractivity (Wildman–Crippen MR) is 94.9 cm³/mol. The van der Waals surface area contributed by atoms with Gasteiger partial charge in [-0.1, -0.05) is 18.2 Å². The molecule has 0 saturated carbocycles. The third-order valence-corrected chi connectivity index (χ3v) is 4.89. The minimum absolute atomic E-state index is 0.0430. The van der Waals surface area contributed by atoms with Crippen LogP contribution in [0.3, 0.4) is 0 Å². The van der Waals surface area contributed by atoms with E-state index in [-0.39, 0.29) is 11.8 Å².